The van der Waals surface area contributed by atoms with Gasteiger partial charge in [0.2, 0.25) is 5.76 Å². The van der Waals surface area contributed by atoms with Gasteiger partial charge in [0.25, 0.3) is 0 Å². The van der Waals surface area contributed by atoms with Crippen LogP contribution in [-0.4, -0.2) is 29.3 Å². The average molecular weight is 146 g/mol. The highest BCUT2D eigenvalue weighted by atomic mass is 16.5. The number of carboxylic acids is 1. The summed E-state index contributed by atoms with van der Waals surface area (Å²) in [6.07, 6.45) is 0.475. The molecule has 0 aliphatic rings. The Morgan fingerprint density at radius 2 is 1.90 bits per heavy atom. The highest BCUT2D eigenvalue weighted by Gasteiger charge is 2.05. The second-order valence-electron chi connectivity index (χ2n) is 1.36. The van der Waals surface area contributed by atoms with Crippen molar-refractivity contribution >= 4 is 11.9 Å². The molecule has 10 heavy (non-hydrogen) atoms. The van der Waals surface area contributed by atoms with Crippen molar-refractivity contribution in [2.75, 3.05) is 7.11 Å². The molecule has 0 fully saturated rings. The van der Waals surface area contributed by atoms with Crippen molar-refractivity contribution in [2.45, 2.75) is 0 Å². The molecule has 0 saturated carbocycles. The Morgan fingerprint density at radius 1 is 1.40 bits per heavy atom. The molecule has 0 aliphatic carbocycles. The summed E-state index contributed by atoms with van der Waals surface area (Å²) in [6.45, 7) is 0. The summed E-state index contributed by atoms with van der Waals surface area (Å²) < 4.78 is 4.03. The number of ether oxygens (including phenoxy) is 1. The highest BCUT2D eigenvalue weighted by molar-refractivity contribution is 5.93. The number of hydrogen-bond acceptors (Lipinski definition) is 4. The molecule has 0 aromatic heterocycles. The molecule has 0 radical (unpaired) electrons. The molecule has 0 saturated heterocycles. The number of hydrogen-bond donors (Lipinski definition) is 2. The number of methoxy groups -OCH3 is 1. The normalized spacial score (nSPS) is 10.7. The van der Waals surface area contributed by atoms with Gasteiger partial charge in [-0.1, -0.05) is 0 Å². The molecular weight excluding hydrogens is 140 g/mol. The van der Waals surface area contributed by atoms with Gasteiger partial charge in [-0.3, -0.25) is 0 Å². The maximum Gasteiger partial charge on any atom is 0.371 e. The smallest absolute Gasteiger partial charge is 0.371 e. The summed E-state index contributed by atoms with van der Waals surface area (Å²) in [6, 6.07) is 0. The molecule has 0 aromatic rings. The lowest BCUT2D eigenvalue weighted by Gasteiger charge is -1.90. The molecule has 0 aliphatic heterocycles. The fourth-order valence-electron chi connectivity index (χ4n) is 0.232. The van der Waals surface area contributed by atoms with Gasteiger partial charge in [0.05, 0.1) is 13.2 Å². The van der Waals surface area contributed by atoms with Crippen molar-refractivity contribution < 1.29 is 24.5 Å². The van der Waals surface area contributed by atoms with E-state index < -0.39 is 17.7 Å². The predicted octanol–water partition coefficient (Wildman–Crippen LogP) is -0.314. The first kappa shape index (κ1) is 8.48. The number of carbonyl (C=O) groups is 2. The van der Waals surface area contributed by atoms with E-state index in [9.17, 15) is 9.59 Å². The largest absolute Gasteiger partial charge is 0.502 e. The minimum Gasteiger partial charge on any atom is -0.502 e. The van der Waals surface area contributed by atoms with Gasteiger partial charge in [0.1, 0.15) is 0 Å². The fraction of sp³-hybridized carbons (Fsp3) is 0.200. The first-order valence-corrected chi connectivity index (χ1v) is 2.30. The van der Waals surface area contributed by atoms with Gasteiger partial charge in [-0.2, -0.15) is 0 Å². The molecule has 0 atom stereocenters. The van der Waals surface area contributed by atoms with Crippen LogP contribution in [0.3, 0.4) is 0 Å². The van der Waals surface area contributed by atoms with Crippen molar-refractivity contribution in [3.63, 3.8) is 0 Å². The number of aliphatic carboxylic acids is 1. The van der Waals surface area contributed by atoms with Gasteiger partial charge in [0.15, 0.2) is 0 Å². The van der Waals surface area contributed by atoms with Crippen molar-refractivity contribution in [2.24, 2.45) is 0 Å². The zero-order chi connectivity index (χ0) is 8.15. The van der Waals surface area contributed by atoms with Gasteiger partial charge >= 0.3 is 11.9 Å². The zero-order valence-corrected chi connectivity index (χ0v) is 5.20. The maximum absolute atomic E-state index is 10.2. The van der Waals surface area contributed by atoms with Gasteiger partial charge in [0, 0.05) is 0 Å². The first-order valence-electron chi connectivity index (χ1n) is 2.30. The van der Waals surface area contributed by atoms with E-state index >= 15 is 0 Å². The Hall–Kier alpha value is -1.52. The summed E-state index contributed by atoms with van der Waals surface area (Å²) in [5, 5.41) is 16.4. The van der Waals surface area contributed by atoms with Gasteiger partial charge in [-0.05, 0) is 0 Å². The summed E-state index contributed by atoms with van der Waals surface area (Å²) in [5.74, 6) is -3.50. The summed E-state index contributed by atoms with van der Waals surface area (Å²) >= 11 is 0. The monoisotopic (exact) mass is 146 g/mol. The van der Waals surface area contributed by atoms with Gasteiger partial charge in [-0.25, -0.2) is 9.59 Å². The second-order valence-corrected chi connectivity index (χ2v) is 1.36. The van der Waals surface area contributed by atoms with Crippen LogP contribution in [-0.2, 0) is 14.3 Å². The van der Waals surface area contributed by atoms with Gasteiger partial charge in [-0.15, -0.1) is 0 Å². The van der Waals surface area contributed by atoms with Crippen LogP contribution in [0.2, 0.25) is 0 Å². The van der Waals surface area contributed by atoms with Crippen LogP contribution in [0.25, 0.3) is 0 Å². The van der Waals surface area contributed by atoms with E-state index in [4.69, 9.17) is 10.2 Å². The third-order valence-corrected chi connectivity index (χ3v) is 0.675. The number of carboxylic acid groups (broad SMARTS) is 1. The molecular formula is C5H6O5. The number of rotatable bonds is 2. The van der Waals surface area contributed by atoms with Crippen LogP contribution in [0, 0.1) is 0 Å². The molecule has 0 spiro atoms. The van der Waals surface area contributed by atoms with Crippen molar-refractivity contribution in [3.05, 3.63) is 11.8 Å². The number of aliphatic hydroxyl groups excluding tert-OH is 1. The van der Waals surface area contributed by atoms with Crippen LogP contribution in [0.1, 0.15) is 0 Å². The molecule has 0 heterocycles. The van der Waals surface area contributed by atoms with Crippen molar-refractivity contribution in [1.29, 1.82) is 0 Å². The van der Waals surface area contributed by atoms with Crippen LogP contribution in [0.5, 0.6) is 0 Å². The molecule has 5 nitrogen and oxygen atoms in total. The quantitative estimate of drug-likeness (QED) is 0.317. The zero-order valence-electron chi connectivity index (χ0n) is 5.20. The minimum absolute atomic E-state index is 0.475. The predicted molar refractivity (Wildman–Crippen MR) is 30.4 cm³/mol. The van der Waals surface area contributed by atoms with E-state index in [0.29, 0.717) is 6.08 Å². The molecule has 5 heteroatoms. The second kappa shape index (κ2) is 3.49. The van der Waals surface area contributed by atoms with Crippen LogP contribution < -0.4 is 0 Å². The molecule has 0 aromatic carbocycles. The fourth-order valence-corrected chi connectivity index (χ4v) is 0.232. The molecule has 0 unspecified atom stereocenters. The van der Waals surface area contributed by atoms with E-state index in [1.165, 1.54) is 0 Å². The Morgan fingerprint density at radius 3 is 2.20 bits per heavy atom. The Labute approximate surface area is 56.5 Å². The van der Waals surface area contributed by atoms with E-state index in [0.717, 1.165) is 7.11 Å². The first-order chi connectivity index (χ1) is 4.57. The number of esters is 1. The Kier molecular flexibility index (Phi) is 2.96. The van der Waals surface area contributed by atoms with Crippen LogP contribution >= 0.6 is 0 Å². The van der Waals surface area contributed by atoms with Gasteiger partial charge < -0.3 is 14.9 Å². The maximum atomic E-state index is 10.2. The molecule has 0 rings (SSSR count). The molecule has 2 N–H and O–H groups in total. The summed E-state index contributed by atoms with van der Waals surface area (Å²) in [7, 11) is 1.08. The SMILES string of the molecule is COC(=O)/C=C(/O)C(=O)O. The van der Waals surface area contributed by atoms with Crippen molar-refractivity contribution in [3.8, 4) is 0 Å². The summed E-state index contributed by atoms with van der Waals surface area (Å²) in [5.41, 5.74) is 0. The lowest BCUT2D eigenvalue weighted by Crippen LogP contribution is -2.04. The van der Waals surface area contributed by atoms with Crippen molar-refractivity contribution in [1.82, 2.24) is 0 Å². The third kappa shape index (κ3) is 2.71. The van der Waals surface area contributed by atoms with Crippen LogP contribution in [0.4, 0.5) is 0 Å². The minimum atomic E-state index is -1.56. The Balaban J connectivity index is 4.16. The van der Waals surface area contributed by atoms with E-state index in [1.807, 2.05) is 0 Å². The lowest BCUT2D eigenvalue weighted by molar-refractivity contribution is -0.138. The standard InChI is InChI=1S/C5H6O5/c1-10-4(7)2-3(6)5(8)9/h2,6H,1H3,(H,8,9)/b3-2+. The topological polar surface area (TPSA) is 83.8 Å². The summed E-state index contributed by atoms with van der Waals surface area (Å²) in [4.78, 5) is 20.0. The molecule has 56 valence electrons. The van der Waals surface area contributed by atoms with E-state index in [2.05, 4.69) is 4.74 Å². The average Bonchev–Trinajstić information content (AvgIpc) is 1.87. The number of aliphatic hydroxyl groups is 1. The van der Waals surface area contributed by atoms with E-state index in [-0.39, 0.29) is 0 Å². The van der Waals surface area contributed by atoms with E-state index in [1.54, 1.807) is 0 Å². The lowest BCUT2D eigenvalue weighted by atomic mass is 10.4. The third-order valence-electron chi connectivity index (χ3n) is 0.675. The Bertz CT molecular complexity index is 180. The molecule has 0 bridgehead atoms. The van der Waals surface area contributed by atoms with Crippen LogP contribution in [0.15, 0.2) is 11.8 Å². The highest BCUT2D eigenvalue weighted by Crippen LogP contribution is 1.88. The molecule has 0 amide bonds. The number of carbonyl (C=O) groups excluding carboxylic acids is 1.